The second kappa shape index (κ2) is 6.96. The number of rotatable bonds is 4. The zero-order chi connectivity index (χ0) is 16.0. The van der Waals surface area contributed by atoms with Crippen molar-refractivity contribution in [2.75, 3.05) is 18.4 Å². The summed E-state index contributed by atoms with van der Waals surface area (Å²) in [5, 5.41) is 11.9. The Bertz CT molecular complexity index is 504. The van der Waals surface area contributed by atoms with E-state index in [0.717, 1.165) is 5.69 Å². The Labute approximate surface area is 124 Å². The van der Waals surface area contributed by atoms with Gasteiger partial charge in [-0.2, -0.15) is 5.10 Å². The molecule has 118 valence electrons. The molecule has 8 nitrogen and oxygen atoms in total. The number of amides is 3. The van der Waals surface area contributed by atoms with Gasteiger partial charge in [-0.1, -0.05) is 0 Å². The second-order valence-electron chi connectivity index (χ2n) is 5.58. The highest BCUT2D eigenvalue weighted by atomic mass is 16.6. The number of carbonyl (C=O) groups is 2. The van der Waals surface area contributed by atoms with Gasteiger partial charge in [0.2, 0.25) is 0 Å². The molecule has 3 amide bonds. The van der Waals surface area contributed by atoms with E-state index in [0.29, 0.717) is 12.2 Å². The SMILES string of the molecule is Cc1c(NC(=O)NCCNC(=O)OC(C)(C)C)cnn1C. The summed E-state index contributed by atoms with van der Waals surface area (Å²) in [6.45, 7) is 7.79. The summed E-state index contributed by atoms with van der Waals surface area (Å²) in [6.07, 6.45) is 1.07. The molecule has 3 N–H and O–H groups in total. The number of nitrogens with one attached hydrogen (secondary N) is 3. The molecule has 1 heterocycles. The van der Waals surface area contributed by atoms with Crippen LogP contribution in [0, 0.1) is 6.92 Å². The van der Waals surface area contributed by atoms with Crippen LogP contribution >= 0.6 is 0 Å². The Hall–Kier alpha value is -2.25. The lowest BCUT2D eigenvalue weighted by atomic mass is 10.2. The highest BCUT2D eigenvalue weighted by Gasteiger charge is 2.15. The molecule has 21 heavy (non-hydrogen) atoms. The summed E-state index contributed by atoms with van der Waals surface area (Å²) in [6, 6.07) is -0.350. The van der Waals surface area contributed by atoms with Crippen LogP contribution in [0.25, 0.3) is 0 Å². The van der Waals surface area contributed by atoms with E-state index in [4.69, 9.17) is 4.74 Å². The molecule has 0 atom stereocenters. The van der Waals surface area contributed by atoms with E-state index >= 15 is 0 Å². The Kier molecular flexibility index (Phi) is 5.57. The fraction of sp³-hybridized carbons (Fsp3) is 0.615. The molecule has 1 rings (SSSR count). The molecule has 0 aliphatic carbocycles. The largest absolute Gasteiger partial charge is 0.444 e. The molecule has 0 bridgehead atoms. The average molecular weight is 297 g/mol. The molecule has 0 fully saturated rings. The molecule has 0 aliphatic rings. The van der Waals surface area contributed by atoms with Crippen LogP contribution in [0.15, 0.2) is 6.20 Å². The molecule has 0 spiro atoms. The normalized spacial score (nSPS) is 10.9. The number of ether oxygens (including phenoxy) is 1. The Morgan fingerprint density at radius 3 is 2.43 bits per heavy atom. The van der Waals surface area contributed by atoms with Crippen molar-refractivity contribution in [3.05, 3.63) is 11.9 Å². The van der Waals surface area contributed by atoms with E-state index in [1.807, 2.05) is 6.92 Å². The molecule has 0 unspecified atom stereocenters. The summed E-state index contributed by atoms with van der Waals surface area (Å²) in [4.78, 5) is 23.0. The predicted molar refractivity (Wildman–Crippen MR) is 79.2 cm³/mol. The average Bonchev–Trinajstić information content (AvgIpc) is 2.64. The summed E-state index contributed by atoms with van der Waals surface area (Å²) in [7, 11) is 1.79. The van der Waals surface area contributed by atoms with Gasteiger partial charge in [-0.25, -0.2) is 9.59 Å². The highest BCUT2D eigenvalue weighted by molar-refractivity contribution is 5.89. The van der Waals surface area contributed by atoms with Crippen LogP contribution in [-0.4, -0.2) is 40.6 Å². The highest BCUT2D eigenvalue weighted by Crippen LogP contribution is 2.11. The number of aryl methyl sites for hydroxylation is 1. The Morgan fingerprint density at radius 1 is 1.29 bits per heavy atom. The van der Waals surface area contributed by atoms with Crippen molar-refractivity contribution in [2.45, 2.75) is 33.3 Å². The third-order valence-electron chi connectivity index (χ3n) is 2.56. The van der Waals surface area contributed by atoms with Crippen LogP contribution in [-0.2, 0) is 11.8 Å². The van der Waals surface area contributed by atoms with Crippen LogP contribution in [0.3, 0.4) is 0 Å². The maximum Gasteiger partial charge on any atom is 0.407 e. The lowest BCUT2D eigenvalue weighted by Crippen LogP contribution is -2.39. The first-order valence-electron chi connectivity index (χ1n) is 6.69. The monoisotopic (exact) mass is 297 g/mol. The van der Waals surface area contributed by atoms with Gasteiger partial charge < -0.3 is 20.7 Å². The smallest absolute Gasteiger partial charge is 0.407 e. The number of carbonyl (C=O) groups excluding carboxylic acids is 2. The Morgan fingerprint density at radius 2 is 1.90 bits per heavy atom. The maximum absolute atomic E-state index is 11.6. The zero-order valence-corrected chi connectivity index (χ0v) is 13.1. The fourth-order valence-corrected chi connectivity index (χ4v) is 1.44. The molecule has 0 aliphatic heterocycles. The summed E-state index contributed by atoms with van der Waals surface area (Å²) < 4.78 is 6.74. The predicted octanol–water partition coefficient (Wildman–Crippen LogP) is 1.37. The minimum Gasteiger partial charge on any atom is -0.444 e. The number of aromatic nitrogens is 2. The summed E-state index contributed by atoms with van der Waals surface area (Å²) in [5.74, 6) is 0. The molecule has 1 aromatic rings. The number of urea groups is 1. The molecular formula is C13H23N5O3. The summed E-state index contributed by atoms with van der Waals surface area (Å²) in [5.41, 5.74) is 0.972. The van der Waals surface area contributed by atoms with Gasteiger partial charge in [-0.3, -0.25) is 4.68 Å². The standard InChI is InChI=1S/C13H23N5O3/c1-9-10(8-16-18(9)5)17-11(19)14-6-7-15-12(20)21-13(2,3)4/h8H,6-7H2,1-5H3,(H,15,20)(H2,14,17,19). The van der Waals surface area contributed by atoms with E-state index in [2.05, 4.69) is 21.0 Å². The van der Waals surface area contributed by atoms with Gasteiger partial charge >= 0.3 is 12.1 Å². The number of hydrogen-bond acceptors (Lipinski definition) is 4. The number of alkyl carbamates (subject to hydrolysis) is 1. The number of nitrogens with zero attached hydrogens (tertiary/aromatic N) is 2. The van der Waals surface area contributed by atoms with Crippen LogP contribution in [0.4, 0.5) is 15.3 Å². The van der Waals surface area contributed by atoms with Crippen molar-refractivity contribution in [3.63, 3.8) is 0 Å². The van der Waals surface area contributed by atoms with E-state index < -0.39 is 11.7 Å². The van der Waals surface area contributed by atoms with Crippen LogP contribution in [0.1, 0.15) is 26.5 Å². The summed E-state index contributed by atoms with van der Waals surface area (Å²) >= 11 is 0. The second-order valence-corrected chi connectivity index (χ2v) is 5.58. The van der Waals surface area contributed by atoms with Gasteiger partial charge in [-0.05, 0) is 27.7 Å². The topological polar surface area (TPSA) is 97.3 Å². The molecule has 0 aromatic carbocycles. The first kappa shape index (κ1) is 16.8. The zero-order valence-electron chi connectivity index (χ0n) is 13.1. The van der Waals surface area contributed by atoms with E-state index in [1.54, 1.807) is 38.7 Å². The van der Waals surface area contributed by atoms with Gasteiger partial charge in [-0.15, -0.1) is 0 Å². The quantitative estimate of drug-likeness (QED) is 0.731. The van der Waals surface area contributed by atoms with E-state index in [1.165, 1.54) is 0 Å². The molecule has 0 saturated carbocycles. The Balaban J connectivity index is 2.22. The van der Waals surface area contributed by atoms with Crippen LogP contribution in [0.5, 0.6) is 0 Å². The van der Waals surface area contributed by atoms with Gasteiger partial charge in [0.25, 0.3) is 0 Å². The molecule has 0 radical (unpaired) electrons. The van der Waals surface area contributed by atoms with E-state index in [-0.39, 0.29) is 12.6 Å². The van der Waals surface area contributed by atoms with Crippen molar-refractivity contribution in [2.24, 2.45) is 7.05 Å². The first-order valence-corrected chi connectivity index (χ1v) is 6.69. The fourth-order valence-electron chi connectivity index (χ4n) is 1.44. The van der Waals surface area contributed by atoms with Gasteiger partial charge in [0.1, 0.15) is 5.60 Å². The van der Waals surface area contributed by atoms with Gasteiger partial charge in [0, 0.05) is 20.1 Å². The third kappa shape index (κ3) is 6.15. The number of anilines is 1. The van der Waals surface area contributed by atoms with Gasteiger partial charge in [0.05, 0.1) is 17.6 Å². The molecule has 0 saturated heterocycles. The first-order chi connectivity index (χ1) is 9.69. The van der Waals surface area contributed by atoms with Crippen molar-refractivity contribution >= 4 is 17.8 Å². The van der Waals surface area contributed by atoms with Crippen molar-refractivity contribution < 1.29 is 14.3 Å². The van der Waals surface area contributed by atoms with Crippen LogP contribution < -0.4 is 16.0 Å². The lowest BCUT2D eigenvalue weighted by molar-refractivity contribution is 0.0528. The maximum atomic E-state index is 11.6. The molecule has 1 aromatic heterocycles. The van der Waals surface area contributed by atoms with Crippen LogP contribution in [0.2, 0.25) is 0 Å². The lowest BCUT2D eigenvalue weighted by Gasteiger charge is -2.19. The minimum atomic E-state index is -0.535. The number of hydrogen-bond donors (Lipinski definition) is 3. The van der Waals surface area contributed by atoms with Crippen molar-refractivity contribution in [1.29, 1.82) is 0 Å². The third-order valence-corrected chi connectivity index (χ3v) is 2.56. The molecular weight excluding hydrogens is 274 g/mol. The van der Waals surface area contributed by atoms with E-state index in [9.17, 15) is 9.59 Å². The van der Waals surface area contributed by atoms with Crippen molar-refractivity contribution in [1.82, 2.24) is 20.4 Å². The van der Waals surface area contributed by atoms with Crippen molar-refractivity contribution in [3.8, 4) is 0 Å². The van der Waals surface area contributed by atoms with Gasteiger partial charge in [0.15, 0.2) is 0 Å². The minimum absolute atomic E-state index is 0.286. The molecule has 8 heteroatoms.